The molecule has 0 saturated carbocycles. The predicted molar refractivity (Wildman–Crippen MR) is 99.1 cm³/mol. The van der Waals surface area contributed by atoms with Crippen LogP contribution in [0.25, 0.3) is 0 Å². The van der Waals surface area contributed by atoms with E-state index in [0.29, 0.717) is 42.2 Å². The van der Waals surface area contributed by atoms with Gasteiger partial charge >= 0.3 is 6.18 Å². The molecule has 2 aliphatic heterocycles. The van der Waals surface area contributed by atoms with E-state index in [1.165, 1.54) is 6.07 Å². The number of nitrogens with one attached hydrogen (secondary N) is 1. The van der Waals surface area contributed by atoms with Gasteiger partial charge in [-0.3, -0.25) is 9.79 Å². The van der Waals surface area contributed by atoms with Crippen LogP contribution in [0.3, 0.4) is 0 Å². The van der Waals surface area contributed by atoms with Gasteiger partial charge in [0.15, 0.2) is 0 Å². The van der Waals surface area contributed by atoms with Gasteiger partial charge in [0.2, 0.25) is 0 Å². The predicted octanol–water partition coefficient (Wildman–Crippen LogP) is 4.29. The first-order valence-corrected chi connectivity index (χ1v) is 9.17. The number of carbonyl (C=O) groups is 1. The van der Waals surface area contributed by atoms with Crippen molar-refractivity contribution in [2.75, 3.05) is 13.2 Å². The zero-order chi connectivity index (χ0) is 19.7. The summed E-state index contributed by atoms with van der Waals surface area (Å²) in [5.74, 6) is -0.210. The Hall–Kier alpha value is -2.67. The summed E-state index contributed by atoms with van der Waals surface area (Å²) in [6.07, 6.45) is -2.48. The second-order valence-electron chi connectivity index (χ2n) is 6.99. The fraction of sp³-hybridized carbons (Fsp3) is 0.333. The zero-order valence-corrected chi connectivity index (χ0v) is 15.1. The molecule has 2 aliphatic rings. The van der Waals surface area contributed by atoms with E-state index in [1.54, 1.807) is 18.2 Å². The highest BCUT2D eigenvalue weighted by Gasteiger charge is 2.31. The number of para-hydroxylation sites is 1. The van der Waals surface area contributed by atoms with Crippen molar-refractivity contribution in [2.45, 2.75) is 31.5 Å². The summed E-state index contributed by atoms with van der Waals surface area (Å²) in [6.45, 7) is 1.24. The fourth-order valence-corrected chi connectivity index (χ4v) is 3.55. The molecule has 2 heterocycles. The number of fused-ring (bicyclic) bond motifs is 1. The first kappa shape index (κ1) is 18.7. The zero-order valence-electron chi connectivity index (χ0n) is 15.1. The summed E-state index contributed by atoms with van der Waals surface area (Å²) in [7, 11) is 0. The van der Waals surface area contributed by atoms with Crippen molar-refractivity contribution in [1.29, 1.82) is 0 Å². The molecule has 4 rings (SSSR count). The molecular formula is C21H19F3N2O2. The van der Waals surface area contributed by atoms with Gasteiger partial charge in [-0.05, 0) is 42.2 Å². The minimum atomic E-state index is -4.41. The molecule has 146 valence electrons. The maximum atomic E-state index is 13.0. The summed E-state index contributed by atoms with van der Waals surface area (Å²) < 4.78 is 44.3. The number of rotatable bonds is 3. The van der Waals surface area contributed by atoms with Crippen molar-refractivity contribution in [2.24, 2.45) is 4.99 Å². The van der Waals surface area contributed by atoms with Crippen LogP contribution < -0.4 is 5.32 Å². The second kappa shape index (κ2) is 7.39. The largest absolute Gasteiger partial charge is 0.416 e. The number of nitrogens with zero attached hydrogens (tertiary/aromatic N) is 1. The number of hydrogen-bond acceptors (Lipinski definition) is 3. The third-order valence-corrected chi connectivity index (χ3v) is 5.05. The average Bonchev–Trinajstić information content (AvgIpc) is 3.12. The molecule has 2 aromatic rings. The molecule has 1 saturated heterocycles. The Bertz CT molecular complexity index is 931. The third kappa shape index (κ3) is 3.80. The van der Waals surface area contributed by atoms with Crippen LogP contribution in [0.4, 0.5) is 18.9 Å². The molecule has 0 radical (unpaired) electrons. The van der Waals surface area contributed by atoms with E-state index in [2.05, 4.69) is 10.3 Å². The lowest BCUT2D eigenvalue weighted by atomic mass is 10.0. The quantitative estimate of drug-likeness (QED) is 0.853. The van der Waals surface area contributed by atoms with E-state index < -0.39 is 11.7 Å². The van der Waals surface area contributed by atoms with Crippen molar-refractivity contribution < 1.29 is 22.7 Å². The van der Waals surface area contributed by atoms with Crippen LogP contribution >= 0.6 is 0 Å². The Morgan fingerprint density at radius 3 is 2.61 bits per heavy atom. The second-order valence-corrected chi connectivity index (χ2v) is 6.99. The fourth-order valence-electron chi connectivity index (χ4n) is 3.55. The standard InChI is InChI=1S/C21H19F3N2O2/c22-21(23,24)15-5-1-3-13(11-15)18-12-14-4-2-6-17(19(14)26-18)20(27)25-16-7-9-28-10-8-16/h1-6,11,16H,7-10,12H2,(H,25,27). The maximum Gasteiger partial charge on any atom is 0.416 e. The summed E-state index contributed by atoms with van der Waals surface area (Å²) in [4.78, 5) is 17.3. The van der Waals surface area contributed by atoms with Crippen LogP contribution in [0.1, 0.15) is 39.9 Å². The van der Waals surface area contributed by atoms with Gasteiger partial charge in [-0.15, -0.1) is 0 Å². The van der Waals surface area contributed by atoms with E-state index in [4.69, 9.17) is 4.74 Å². The first-order valence-electron chi connectivity index (χ1n) is 9.17. The number of alkyl halides is 3. The Labute approximate surface area is 160 Å². The van der Waals surface area contributed by atoms with Crippen LogP contribution in [-0.4, -0.2) is 30.9 Å². The SMILES string of the molecule is O=C(NC1CCOCC1)c1cccc2c1N=C(c1cccc(C(F)(F)F)c1)C2. The summed E-state index contributed by atoms with van der Waals surface area (Å²) >= 11 is 0. The molecule has 0 unspecified atom stereocenters. The van der Waals surface area contributed by atoms with Gasteiger partial charge in [-0.2, -0.15) is 13.2 Å². The summed E-state index contributed by atoms with van der Waals surface area (Å²) in [6, 6.07) is 10.5. The van der Waals surface area contributed by atoms with Crippen molar-refractivity contribution in [3.8, 4) is 0 Å². The van der Waals surface area contributed by atoms with E-state index in [9.17, 15) is 18.0 Å². The monoisotopic (exact) mass is 388 g/mol. The molecule has 0 aliphatic carbocycles. The molecule has 2 aromatic carbocycles. The van der Waals surface area contributed by atoms with E-state index in [1.807, 2.05) is 6.07 Å². The van der Waals surface area contributed by atoms with Crippen LogP contribution in [0, 0.1) is 0 Å². The topological polar surface area (TPSA) is 50.7 Å². The molecule has 0 bridgehead atoms. The molecule has 4 nitrogen and oxygen atoms in total. The number of aliphatic imine (C=N–C) groups is 1. The molecule has 1 amide bonds. The normalized spacial score (nSPS) is 17.2. The molecule has 0 aromatic heterocycles. The Kier molecular flexibility index (Phi) is 4.93. The number of carbonyl (C=O) groups excluding carboxylic acids is 1. The van der Waals surface area contributed by atoms with E-state index in [-0.39, 0.29) is 11.9 Å². The molecule has 7 heteroatoms. The van der Waals surface area contributed by atoms with Crippen molar-refractivity contribution in [1.82, 2.24) is 5.32 Å². The summed E-state index contributed by atoms with van der Waals surface area (Å²) in [5, 5.41) is 3.01. The Balaban J connectivity index is 1.60. The van der Waals surface area contributed by atoms with Gasteiger partial charge in [0, 0.05) is 25.7 Å². The van der Waals surface area contributed by atoms with Gasteiger partial charge in [-0.1, -0.05) is 24.3 Å². The lowest BCUT2D eigenvalue weighted by Gasteiger charge is -2.23. The average molecular weight is 388 g/mol. The lowest BCUT2D eigenvalue weighted by molar-refractivity contribution is -0.137. The first-order chi connectivity index (χ1) is 13.4. The van der Waals surface area contributed by atoms with Crippen molar-refractivity contribution in [3.05, 3.63) is 64.7 Å². The molecule has 1 N–H and O–H groups in total. The number of halogens is 3. The van der Waals surface area contributed by atoms with Gasteiger partial charge in [0.1, 0.15) is 0 Å². The Morgan fingerprint density at radius 2 is 1.86 bits per heavy atom. The number of benzene rings is 2. The third-order valence-electron chi connectivity index (χ3n) is 5.05. The highest BCUT2D eigenvalue weighted by molar-refractivity contribution is 6.10. The molecule has 0 atom stereocenters. The van der Waals surface area contributed by atoms with Crippen LogP contribution in [0.15, 0.2) is 47.5 Å². The maximum absolute atomic E-state index is 13.0. The number of hydrogen-bond donors (Lipinski definition) is 1. The number of amides is 1. The van der Waals surface area contributed by atoms with Gasteiger partial charge in [-0.25, -0.2) is 0 Å². The van der Waals surface area contributed by atoms with Crippen LogP contribution in [0.5, 0.6) is 0 Å². The molecule has 0 spiro atoms. The van der Waals surface area contributed by atoms with E-state index in [0.717, 1.165) is 30.5 Å². The lowest BCUT2D eigenvalue weighted by Crippen LogP contribution is -2.38. The highest BCUT2D eigenvalue weighted by Crippen LogP contribution is 2.34. The molecule has 28 heavy (non-hydrogen) atoms. The smallest absolute Gasteiger partial charge is 0.381 e. The van der Waals surface area contributed by atoms with Crippen molar-refractivity contribution >= 4 is 17.3 Å². The Morgan fingerprint density at radius 1 is 1.11 bits per heavy atom. The van der Waals surface area contributed by atoms with E-state index >= 15 is 0 Å². The van der Waals surface area contributed by atoms with Gasteiger partial charge in [0.05, 0.1) is 22.5 Å². The van der Waals surface area contributed by atoms with Gasteiger partial charge in [0.25, 0.3) is 5.91 Å². The van der Waals surface area contributed by atoms with Crippen LogP contribution in [0.2, 0.25) is 0 Å². The number of ether oxygens (including phenoxy) is 1. The minimum absolute atomic E-state index is 0.0606. The molecule has 1 fully saturated rings. The van der Waals surface area contributed by atoms with Gasteiger partial charge < -0.3 is 10.1 Å². The molecular weight excluding hydrogens is 369 g/mol. The summed E-state index contributed by atoms with van der Waals surface area (Å²) in [5.41, 5.74) is 2.08. The van der Waals surface area contributed by atoms with Crippen LogP contribution in [-0.2, 0) is 17.3 Å². The van der Waals surface area contributed by atoms with Crippen molar-refractivity contribution in [3.63, 3.8) is 0 Å². The highest BCUT2D eigenvalue weighted by atomic mass is 19.4. The minimum Gasteiger partial charge on any atom is -0.381 e.